The topological polar surface area (TPSA) is 49.7 Å². The first kappa shape index (κ1) is 16.7. The Kier molecular flexibility index (Phi) is 6.42. The third-order valence-corrected chi connectivity index (χ3v) is 7.91. The molecule has 0 heterocycles. The van der Waals surface area contributed by atoms with Gasteiger partial charge in [0.05, 0.1) is 25.2 Å². The molecule has 17 heavy (non-hydrogen) atoms. The van der Waals surface area contributed by atoms with Crippen LogP contribution in [0, 0.1) is 17.8 Å². The summed E-state index contributed by atoms with van der Waals surface area (Å²) in [7, 11) is -1.84. The second-order valence-corrected chi connectivity index (χ2v) is 10.6. The molecule has 0 amide bonds. The van der Waals surface area contributed by atoms with Gasteiger partial charge in [-0.1, -0.05) is 26.7 Å². The molecule has 0 aliphatic heterocycles. The third-order valence-electron chi connectivity index (χ3n) is 3.41. The van der Waals surface area contributed by atoms with Gasteiger partial charge in [-0.2, -0.15) is 0 Å². The quantitative estimate of drug-likeness (QED) is 0.586. The van der Waals surface area contributed by atoms with Crippen LogP contribution in [0.2, 0.25) is 18.1 Å². The fourth-order valence-electron chi connectivity index (χ4n) is 1.08. The first-order valence-electron chi connectivity index (χ1n) is 6.01. The fraction of sp³-hybridized carbons (Fsp3) is 0.846. The molecule has 0 rings (SSSR count). The molecule has 0 saturated carbocycles. The van der Waals surface area contributed by atoms with Crippen LogP contribution in [0.4, 0.5) is 0 Å². The molecule has 100 valence electrons. The average molecular weight is 258 g/mol. The van der Waals surface area contributed by atoms with Gasteiger partial charge < -0.3 is 14.6 Å². The largest absolute Gasteiger partial charge is 0.414 e. The minimum atomic E-state index is -1.84. The molecule has 0 bridgehead atoms. The third kappa shape index (κ3) is 5.22. The fourth-order valence-corrected chi connectivity index (χ4v) is 2.10. The standard InChI is InChI=1S/C13H26O3Si/c1-7-8-11(9-14)12(15)10-16-17(5,6)13(2,3)4/h11-12,14-15H,9-10H2,1-6H3/t11-,12+/m1/s1. The van der Waals surface area contributed by atoms with Crippen molar-refractivity contribution < 1.29 is 14.6 Å². The monoisotopic (exact) mass is 258 g/mol. The average Bonchev–Trinajstić information content (AvgIpc) is 2.21. The maximum Gasteiger partial charge on any atom is 0.192 e. The van der Waals surface area contributed by atoms with Gasteiger partial charge in [0.2, 0.25) is 0 Å². The van der Waals surface area contributed by atoms with Crippen molar-refractivity contribution in [1.82, 2.24) is 0 Å². The lowest BCUT2D eigenvalue weighted by atomic mass is 10.1. The van der Waals surface area contributed by atoms with E-state index >= 15 is 0 Å². The van der Waals surface area contributed by atoms with E-state index in [1.165, 1.54) is 0 Å². The molecule has 0 spiro atoms. The van der Waals surface area contributed by atoms with Crippen LogP contribution in [-0.4, -0.2) is 37.8 Å². The van der Waals surface area contributed by atoms with E-state index < -0.39 is 20.3 Å². The first-order valence-corrected chi connectivity index (χ1v) is 8.91. The summed E-state index contributed by atoms with van der Waals surface area (Å²) < 4.78 is 5.89. The Bertz CT molecular complexity index is 283. The van der Waals surface area contributed by atoms with Gasteiger partial charge in [0, 0.05) is 0 Å². The summed E-state index contributed by atoms with van der Waals surface area (Å²) in [6.45, 7) is 12.5. The van der Waals surface area contributed by atoms with Crippen LogP contribution in [-0.2, 0) is 4.43 Å². The first-order chi connectivity index (χ1) is 7.65. The predicted octanol–water partition coefficient (Wildman–Crippen LogP) is 2.00. The van der Waals surface area contributed by atoms with E-state index in [0.717, 1.165) is 0 Å². The number of hydrogen-bond donors (Lipinski definition) is 2. The highest BCUT2D eigenvalue weighted by Gasteiger charge is 2.37. The van der Waals surface area contributed by atoms with Gasteiger partial charge >= 0.3 is 0 Å². The Hall–Kier alpha value is -0.343. The Morgan fingerprint density at radius 1 is 1.29 bits per heavy atom. The summed E-state index contributed by atoms with van der Waals surface area (Å²) in [5.41, 5.74) is 0. The van der Waals surface area contributed by atoms with Gasteiger partial charge in [-0.3, -0.25) is 0 Å². The lowest BCUT2D eigenvalue weighted by Gasteiger charge is -2.37. The molecule has 0 saturated heterocycles. The van der Waals surface area contributed by atoms with Crippen LogP contribution < -0.4 is 0 Å². The van der Waals surface area contributed by atoms with Crippen molar-refractivity contribution in [1.29, 1.82) is 0 Å². The van der Waals surface area contributed by atoms with Crippen molar-refractivity contribution >= 4 is 8.32 Å². The zero-order chi connectivity index (χ0) is 13.7. The van der Waals surface area contributed by atoms with Crippen LogP contribution in [0.1, 0.15) is 27.7 Å². The number of hydrogen-bond acceptors (Lipinski definition) is 3. The van der Waals surface area contributed by atoms with Crippen LogP contribution >= 0.6 is 0 Å². The molecule has 0 aliphatic carbocycles. The maximum atomic E-state index is 9.90. The smallest absolute Gasteiger partial charge is 0.192 e. The molecule has 0 aromatic rings. The normalized spacial score (nSPS) is 16.0. The minimum Gasteiger partial charge on any atom is -0.414 e. The van der Waals surface area contributed by atoms with Gasteiger partial charge in [0.25, 0.3) is 0 Å². The molecular formula is C13H26O3Si. The Labute approximate surface area is 106 Å². The van der Waals surface area contributed by atoms with Crippen LogP contribution in [0.5, 0.6) is 0 Å². The second-order valence-electron chi connectivity index (χ2n) is 5.82. The SMILES string of the molecule is CC#C[C@H](CO)[C@@H](O)CO[Si](C)(C)C(C)(C)C. The second kappa shape index (κ2) is 6.55. The Morgan fingerprint density at radius 3 is 2.18 bits per heavy atom. The molecule has 0 fully saturated rings. The van der Waals surface area contributed by atoms with E-state index in [-0.39, 0.29) is 18.3 Å². The molecule has 2 N–H and O–H groups in total. The lowest BCUT2D eigenvalue weighted by molar-refractivity contribution is 0.0487. The van der Waals surface area contributed by atoms with E-state index in [1.807, 2.05) is 0 Å². The van der Waals surface area contributed by atoms with Crippen LogP contribution in [0.15, 0.2) is 0 Å². The lowest BCUT2D eigenvalue weighted by Crippen LogP contribution is -2.43. The summed E-state index contributed by atoms with van der Waals surface area (Å²) in [6, 6.07) is 0. The zero-order valence-electron chi connectivity index (χ0n) is 11.9. The summed E-state index contributed by atoms with van der Waals surface area (Å²) >= 11 is 0. The number of aliphatic hydroxyl groups is 2. The zero-order valence-corrected chi connectivity index (χ0v) is 12.9. The van der Waals surface area contributed by atoms with Gasteiger partial charge in [-0.25, -0.2) is 0 Å². The summed E-state index contributed by atoms with van der Waals surface area (Å²) in [6.07, 6.45) is -0.721. The van der Waals surface area contributed by atoms with Gasteiger partial charge in [-0.05, 0) is 25.1 Å². The molecule has 0 unspecified atom stereocenters. The highest BCUT2D eigenvalue weighted by molar-refractivity contribution is 6.74. The predicted molar refractivity (Wildman–Crippen MR) is 73.2 cm³/mol. The minimum absolute atomic E-state index is 0.123. The van der Waals surface area contributed by atoms with E-state index in [0.29, 0.717) is 0 Å². The van der Waals surface area contributed by atoms with Crippen molar-refractivity contribution in [3.05, 3.63) is 0 Å². The highest BCUT2D eigenvalue weighted by atomic mass is 28.4. The van der Waals surface area contributed by atoms with Crippen molar-refractivity contribution in [3.8, 4) is 11.8 Å². The Morgan fingerprint density at radius 2 is 1.82 bits per heavy atom. The molecule has 0 aromatic carbocycles. The summed E-state index contributed by atoms with van der Waals surface area (Å²) in [5.74, 6) is 5.09. The molecular weight excluding hydrogens is 232 g/mol. The number of rotatable bonds is 5. The molecule has 4 heteroatoms. The summed E-state index contributed by atoms with van der Waals surface area (Å²) in [5, 5.41) is 19.1. The van der Waals surface area contributed by atoms with Gasteiger partial charge in [-0.15, -0.1) is 5.92 Å². The van der Waals surface area contributed by atoms with E-state index in [1.54, 1.807) is 6.92 Å². The maximum absolute atomic E-state index is 9.90. The van der Waals surface area contributed by atoms with Crippen molar-refractivity contribution in [2.24, 2.45) is 5.92 Å². The van der Waals surface area contributed by atoms with E-state index in [2.05, 4.69) is 45.7 Å². The molecule has 2 atom stereocenters. The van der Waals surface area contributed by atoms with Crippen molar-refractivity contribution in [3.63, 3.8) is 0 Å². The highest BCUT2D eigenvalue weighted by Crippen LogP contribution is 2.36. The number of aliphatic hydroxyl groups excluding tert-OH is 2. The molecule has 0 aliphatic rings. The van der Waals surface area contributed by atoms with E-state index in [9.17, 15) is 5.11 Å². The molecule has 0 radical (unpaired) electrons. The van der Waals surface area contributed by atoms with Gasteiger partial charge in [0.1, 0.15) is 0 Å². The van der Waals surface area contributed by atoms with Gasteiger partial charge in [0.15, 0.2) is 8.32 Å². The summed E-state index contributed by atoms with van der Waals surface area (Å²) in [4.78, 5) is 0. The van der Waals surface area contributed by atoms with Crippen LogP contribution in [0.3, 0.4) is 0 Å². The van der Waals surface area contributed by atoms with Crippen molar-refractivity contribution in [2.75, 3.05) is 13.2 Å². The van der Waals surface area contributed by atoms with Crippen molar-refractivity contribution in [2.45, 2.75) is 51.9 Å². The van der Waals surface area contributed by atoms with E-state index in [4.69, 9.17) is 9.53 Å². The molecule has 0 aromatic heterocycles. The Balaban J connectivity index is 4.41. The molecule has 3 nitrogen and oxygen atoms in total. The van der Waals surface area contributed by atoms with Crippen LogP contribution in [0.25, 0.3) is 0 Å².